The Bertz CT molecular complexity index is 485. The zero-order chi connectivity index (χ0) is 15.0. The average Bonchev–Trinajstić information content (AvgIpc) is 3.07. The lowest BCUT2D eigenvalue weighted by atomic mass is 9.84. The highest BCUT2D eigenvalue weighted by Crippen LogP contribution is 2.38. The average molecular weight is 306 g/mol. The first-order chi connectivity index (χ1) is 10.1. The Morgan fingerprint density at radius 1 is 1.33 bits per heavy atom. The Labute approximate surface area is 131 Å². The number of nitrogens with zero attached hydrogens (tertiary/aromatic N) is 1. The highest BCUT2D eigenvalue weighted by atomic mass is 32.1. The summed E-state index contributed by atoms with van der Waals surface area (Å²) >= 11 is 1.75. The molecule has 1 N–H and O–H groups in total. The molecule has 0 spiro atoms. The van der Waals surface area contributed by atoms with Crippen LogP contribution in [0, 0.1) is 11.8 Å². The highest BCUT2D eigenvalue weighted by Gasteiger charge is 2.46. The second kappa shape index (κ2) is 6.09. The minimum Gasteiger partial charge on any atom is -0.317 e. The molecular formula is C17H26N2OS. The Morgan fingerprint density at radius 3 is 2.71 bits per heavy atom. The van der Waals surface area contributed by atoms with Gasteiger partial charge in [-0.1, -0.05) is 39.7 Å². The van der Waals surface area contributed by atoms with Gasteiger partial charge in [0.1, 0.15) is 6.17 Å². The monoisotopic (exact) mass is 306 g/mol. The van der Waals surface area contributed by atoms with Gasteiger partial charge in [0.05, 0.1) is 6.04 Å². The van der Waals surface area contributed by atoms with Gasteiger partial charge in [-0.15, -0.1) is 11.3 Å². The lowest BCUT2D eigenvalue weighted by molar-refractivity contribution is -0.134. The van der Waals surface area contributed by atoms with Gasteiger partial charge in [-0.2, -0.15) is 0 Å². The van der Waals surface area contributed by atoms with Crippen LogP contribution < -0.4 is 5.32 Å². The summed E-state index contributed by atoms with van der Waals surface area (Å²) in [5, 5.41) is 5.70. The van der Waals surface area contributed by atoms with Crippen LogP contribution in [0.3, 0.4) is 0 Å². The van der Waals surface area contributed by atoms with Gasteiger partial charge in [0.25, 0.3) is 0 Å². The molecule has 2 aliphatic rings. The molecule has 2 heterocycles. The van der Waals surface area contributed by atoms with Crippen molar-refractivity contribution in [3.8, 4) is 0 Å². The zero-order valence-electron chi connectivity index (χ0n) is 13.2. The molecule has 0 aromatic carbocycles. The van der Waals surface area contributed by atoms with Gasteiger partial charge in [-0.3, -0.25) is 10.1 Å². The van der Waals surface area contributed by atoms with Crippen LogP contribution in [0.15, 0.2) is 17.5 Å². The van der Waals surface area contributed by atoms with E-state index in [1.807, 2.05) is 0 Å². The lowest BCUT2D eigenvalue weighted by Gasteiger charge is -2.39. The third-order valence-electron chi connectivity index (χ3n) is 5.04. The first-order valence-electron chi connectivity index (χ1n) is 8.21. The molecule has 4 heteroatoms. The van der Waals surface area contributed by atoms with Crippen molar-refractivity contribution in [2.45, 2.75) is 64.7 Å². The molecule has 1 aliphatic heterocycles. The summed E-state index contributed by atoms with van der Waals surface area (Å²) in [6, 6.07) is 4.59. The molecule has 4 unspecified atom stereocenters. The van der Waals surface area contributed by atoms with E-state index in [-0.39, 0.29) is 12.2 Å². The van der Waals surface area contributed by atoms with Crippen LogP contribution in [0.2, 0.25) is 0 Å². The summed E-state index contributed by atoms with van der Waals surface area (Å²) in [7, 11) is 0. The van der Waals surface area contributed by atoms with Crippen LogP contribution in [0.1, 0.15) is 57.5 Å². The van der Waals surface area contributed by atoms with Gasteiger partial charge in [0.2, 0.25) is 5.91 Å². The van der Waals surface area contributed by atoms with E-state index in [4.69, 9.17) is 0 Å². The largest absolute Gasteiger partial charge is 0.317 e. The van der Waals surface area contributed by atoms with Crippen molar-refractivity contribution in [1.29, 1.82) is 0 Å². The van der Waals surface area contributed by atoms with E-state index in [2.05, 4.69) is 48.5 Å². The van der Waals surface area contributed by atoms with Crippen molar-refractivity contribution in [2.75, 3.05) is 0 Å². The fourth-order valence-corrected chi connectivity index (χ4v) is 4.60. The van der Waals surface area contributed by atoms with Gasteiger partial charge in [-0.25, -0.2) is 0 Å². The number of nitrogens with one attached hydrogen (secondary N) is 1. The summed E-state index contributed by atoms with van der Waals surface area (Å²) in [4.78, 5) is 16.4. The SMILES string of the molecule is CC(C)C1NC(c2cccs2)N(C2CCCCC2C)C1=O. The molecule has 21 heavy (non-hydrogen) atoms. The summed E-state index contributed by atoms with van der Waals surface area (Å²) in [5.74, 6) is 1.25. The quantitative estimate of drug-likeness (QED) is 0.921. The van der Waals surface area contributed by atoms with Crippen molar-refractivity contribution < 1.29 is 4.79 Å². The Hall–Kier alpha value is -0.870. The van der Waals surface area contributed by atoms with Crippen LogP contribution in [-0.2, 0) is 4.79 Å². The van der Waals surface area contributed by atoms with Crippen molar-refractivity contribution in [2.24, 2.45) is 11.8 Å². The minimum atomic E-state index is -0.0359. The summed E-state index contributed by atoms with van der Waals surface area (Å²) in [6.45, 7) is 6.58. The lowest BCUT2D eigenvalue weighted by Crippen LogP contribution is -2.45. The number of carbonyl (C=O) groups is 1. The Kier molecular flexibility index (Phi) is 4.36. The van der Waals surface area contributed by atoms with E-state index in [0.717, 1.165) is 6.42 Å². The Balaban J connectivity index is 1.91. The second-order valence-corrected chi connectivity index (χ2v) is 7.86. The predicted octanol–water partition coefficient (Wildman–Crippen LogP) is 3.78. The van der Waals surface area contributed by atoms with E-state index in [0.29, 0.717) is 23.8 Å². The van der Waals surface area contributed by atoms with E-state index >= 15 is 0 Å². The maximum absolute atomic E-state index is 13.0. The number of amides is 1. The maximum atomic E-state index is 13.0. The van der Waals surface area contributed by atoms with Crippen molar-refractivity contribution in [3.05, 3.63) is 22.4 Å². The minimum absolute atomic E-state index is 0.0359. The standard InChI is InChI=1S/C17H26N2OS/c1-11(2)15-17(20)19(13-8-5-4-7-12(13)3)16(18-15)14-9-6-10-21-14/h6,9-13,15-16,18H,4-5,7-8H2,1-3H3. The number of carbonyl (C=O) groups excluding carboxylic acids is 1. The number of rotatable bonds is 3. The third-order valence-corrected chi connectivity index (χ3v) is 5.96. The van der Waals surface area contributed by atoms with E-state index in [1.54, 1.807) is 11.3 Å². The smallest absolute Gasteiger partial charge is 0.241 e. The highest BCUT2D eigenvalue weighted by molar-refractivity contribution is 7.10. The van der Waals surface area contributed by atoms with Crippen LogP contribution in [0.4, 0.5) is 0 Å². The van der Waals surface area contributed by atoms with Crippen LogP contribution >= 0.6 is 11.3 Å². The molecular weight excluding hydrogens is 280 g/mol. The first kappa shape index (κ1) is 15.0. The first-order valence-corrected chi connectivity index (χ1v) is 9.09. The topological polar surface area (TPSA) is 32.3 Å². The summed E-state index contributed by atoms with van der Waals surface area (Å²) in [6.07, 6.45) is 5.04. The van der Waals surface area contributed by atoms with Crippen molar-refractivity contribution in [3.63, 3.8) is 0 Å². The molecule has 1 amide bonds. The van der Waals surface area contributed by atoms with Crippen molar-refractivity contribution in [1.82, 2.24) is 10.2 Å². The van der Waals surface area contributed by atoms with E-state index in [9.17, 15) is 4.79 Å². The number of hydrogen-bond donors (Lipinski definition) is 1. The van der Waals surface area contributed by atoms with Crippen LogP contribution in [0.25, 0.3) is 0 Å². The zero-order valence-corrected chi connectivity index (χ0v) is 14.0. The molecule has 4 atom stereocenters. The van der Waals surface area contributed by atoms with Gasteiger partial charge in [-0.05, 0) is 36.1 Å². The molecule has 1 aliphatic carbocycles. The number of thiophene rings is 1. The molecule has 0 radical (unpaired) electrons. The molecule has 3 rings (SSSR count). The molecule has 1 saturated heterocycles. The number of hydrogen-bond acceptors (Lipinski definition) is 3. The molecule has 2 fully saturated rings. The summed E-state index contributed by atoms with van der Waals surface area (Å²) in [5.41, 5.74) is 0. The fraction of sp³-hybridized carbons (Fsp3) is 0.706. The molecule has 116 valence electrons. The van der Waals surface area contributed by atoms with Gasteiger partial charge in [0, 0.05) is 10.9 Å². The van der Waals surface area contributed by atoms with E-state index in [1.165, 1.54) is 24.1 Å². The van der Waals surface area contributed by atoms with Gasteiger partial charge in [0.15, 0.2) is 0 Å². The van der Waals surface area contributed by atoms with Crippen molar-refractivity contribution >= 4 is 17.2 Å². The Morgan fingerprint density at radius 2 is 2.10 bits per heavy atom. The molecule has 1 aromatic rings. The van der Waals surface area contributed by atoms with Gasteiger partial charge >= 0.3 is 0 Å². The molecule has 1 saturated carbocycles. The van der Waals surface area contributed by atoms with Gasteiger partial charge < -0.3 is 4.90 Å². The van der Waals surface area contributed by atoms with Crippen LogP contribution in [-0.4, -0.2) is 22.9 Å². The summed E-state index contributed by atoms with van der Waals surface area (Å²) < 4.78 is 0. The predicted molar refractivity (Wildman–Crippen MR) is 87.1 cm³/mol. The maximum Gasteiger partial charge on any atom is 0.241 e. The molecule has 1 aromatic heterocycles. The van der Waals surface area contributed by atoms with Crippen LogP contribution in [0.5, 0.6) is 0 Å². The molecule has 0 bridgehead atoms. The fourth-order valence-electron chi connectivity index (χ4n) is 3.82. The normalized spacial score (nSPS) is 33.9. The molecule has 3 nitrogen and oxygen atoms in total. The third kappa shape index (κ3) is 2.76. The second-order valence-electron chi connectivity index (χ2n) is 6.88. The van der Waals surface area contributed by atoms with E-state index < -0.39 is 0 Å².